The van der Waals surface area contributed by atoms with Crippen molar-refractivity contribution >= 4 is 17.5 Å². The molecule has 25 heavy (non-hydrogen) atoms. The highest BCUT2D eigenvalue weighted by atomic mass is 35.5. The van der Waals surface area contributed by atoms with Crippen molar-refractivity contribution < 1.29 is 4.79 Å². The number of aryl methyl sites for hydroxylation is 3. The maximum atomic E-state index is 12.5. The molecule has 1 aliphatic rings. The third-order valence-electron chi connectivity index (χ3n) is 5.08. The van der Waals surface area contributed by atoms with Gasteiger partial charge in [-0.1, -0.05) is 23.2 Å². The first-order chi connectivity index (χ1) is 11.9. The number of nitrogens with zero attached hydrogens (tertiary/aromatic N) is 2. The van der Waals surface area contributed by atoms with E-state index in [0.717, 1.165) is 43.5 Å². The average Bonchev–Trinajstić information content (AvgIpc) is 2.89. The molecule has 1 aromatic heterocycles. The molecule has 3 rings (SSSR count). The van der Waals surface area contributed by atoms with Gasteiger partial charge in [0.05, 0.1) is 16.3 Å². The van der Waals surface area contributed by atoms with Crippen molar-refractivity contribution in [2.45, 2.75) is 59.0 Å². The Balaban J connectivity index is 1.53. The predicted molar refractivity (Wildman–Crippen MR) is 101 cm³/mol. The zero-order chi connectivity index (χ0) is 18.0. The second-order valence-electron chi connectivity index (χ2n) is 7.28. The Morgan fingerprint density at radius 3 is 2.56 bits per heavy atom. The molecule has 0 saturated heterocycles. The molecule has 5 heteroatoms. The van der Waals surface area contributed by atoms with Crippen LogP contribution in [0.15, 0.2) is 24.3 Å². The number of rotatable bonds is 4. The third-order valence-corrected chi connectivity index (χ3v) is 5.41. The molecule has 1 aliphatic carbocycles. The van der Waals surface area contributed by atoms with Crippen LogP contribution in [0.5, 0.6) is 0 Å². The van der Waals surface area contributed by atoms with E-state index in [1.165, 1.54) is 5.69 Å². The molecule has 1 aromatic carbocycles. The van der Waals surface area contributed by atoms with E-state index in [1.54, 1.807) is 6.07 Å². The molecule has 0 unspecified atom stereocenters. The maximum absolute atomic E-state index is 12.5. The van der Waals surface area contributed by atoms with Crippen molar-refractivity contribution in [1.82, 2.24) is 15.1 Å². The number of hydrogen-bond donors (Lipinski definition) is 1. The lowest BCUT2D eigenvalue weighted by molar-refractivity contribution is 0.0920. The summed E-state index contributed by atoms with van der Waals surface area (Å²) < 4.78 is 2.12. The summed E-state index contributed by atoms with van der Waals surface area (Å²) in [6.45, 7) is 7.09. The lowest BCUT2D eigenvalue weighted by Crippen LogP contribution is -2.38. The Hall–Kier alpha value is -1.81. The van der Waals surface area contributed by atoms with Crippen molar-refractivity contribution in [3.63, 3.8) is 0 Å². The monoisotopic (exact) mass is 359 g/mol. The number of amides is 1. The molecule has 2 aromatic rings. The summed E-state index contributed by atoms with van der Waals surface area (Å²) >= 11 is 6.17. The third kappa shape index (κ3) is 4.43. The lowest BCUT2D eigenvalue weighted by Gasteiger charge is -2.29. The molecule has 0 atom stereocenters. The minimum atomic E-state index is -0.0595. The van der Waals surface area contributed by atoms with Crippen LogP contribution in [0.1, 0.15) is 53.0 Å². The Morgan fingerprint density at radius 2 is 1.92 bits per heavy atom. The Kier molecular flexibility index (Phi) is 5.48. The van der Waals surface area contributed by atoms with Crippen LogP contribution in [0.4, 0.5) is 0 Å². The van der Waals surface area contributed by atoms with Crippen molar-refractivity contribution in [2.24, 2.45) is 5.92 Å². The summed E-state index contributed by atoms with van der Waals surface area (Å²) in [5.74, 6) is 0.574. The molecule has 0 aliphatic heterocycles. The molecule has 1 heterocycles. The molecule has 134 valence electrons. The minimum Gasteiger partial charge on any atom is -0.349 e. The fraction of sp³-hybridized carbons (Fsp3) is 0.500. The number of carbonyl (C=O) groups is 1. The van der Waals surface area contributed by atoms with Crippen LogP contribution >= 0.6 is 11.6 Å². The highest BCUT2D eigenvalue weighted by Gasteiger charge is 2.24. The summed E-state index contributed by atoms with van der Waals surface area (Å²) in [4.78, 5) is 12.5. The minimum absolute atomic E-state index is 0.0595. The van der Waals surface area contributed by atoms with E-state index < -0.39 is 0 Å². The highest BCUT2D eigenvalue weighted by molar-refractivity contribution is 6.33. The quantitative estimate of drug-likeness (QED) is 0.876. The van der Waals surface area contributed by atoms with Gasteiger partial charge in [0.15, 0.2) is 0 Å². The topological polar surface area (TPSA) is 46.9 Å². The van der Waals surface area contributed by atoms with Crippen LogP contribution < -0.4 is 5.32 Å². The van der Waals surface area contributed by atoms with Gasteiger partial charge >= 0.3 is 0 Å². The molecular formula is C20H26ClN3O. The SMILES string of the molecule is Cc1ccc(Cl)c(C(=O)NC2CCC(Cn3nc(C)cc3C)CC2)c1. The largest absolute Gasteiger partial charge is 0.349 e. The van der Waals surface area contributed by atoms with E-state index in [1.807, 2.05) is 26.0 Å². The van der Waals surface area contributed by atoms with Gasteiger partial charge in [-0.25, -0.2) is 0 Å². The number of aromatic nitrogens is 2. The molecule has 1 fully saturated rings. The van der Waals surface area contributed by atoms with Crippen LogP contribution in [0.2, 0.25) is 5.02 Å². The zero-order valence-corrected chi connectivity index (χ0v) is 15.9. The van der Waals surface area contributed by atoms with Gasteiger partial charge in [-0.15, -0.1) is 0 Å². The fourth-order valence-corrected chi connectivity index (χ4v) is 3.87. The van der Waals surface area contributed by atoms with E-state index in [9.17, 15) is 4.79 Å². The van der Waals surface area contributed by atoms with Crippen LogP contribution in [0.25, 0.3) is 0 Å². The predicted octanol–water partition coefficient (Wildman–Crippen LogP) is 4.45. The first-order valence-corrected chi connectivity index (χ1v) is 9.38. The Morgan fingerprint density at radius 1 is 1.20 bits per heavy atom. The van der Waals surface area contributed by atoms with E-state index >= 15 is 0 Å². The zero-order valence-electron chi connectivity index (χ0n) is 15.2. The summed E-state index contributed by atoms with van der Waals surface area (Å²) in [6, 6.07) is 7.92. The standard InChI is InChI=1S/C20H26ClN3O/c1-13-4-9-19(21)18(10-13)20(25)22-17-7-5-16(6-8-17)12-24-15(3)11-14(2)23-24/h4,9-11,16-17H,5-8,12H2,1-3H3,(H,22,25). The molecule has 1 N–H and O–H groups in total. The lowest BCUT2D eigenvalue weighted by atomic mass is 9.86. The van der Waals surface area contributed by atoms with Crippen molar-refractivity contribution in [1.29, 1.82) is 0 Å². The maximum Gasteiger partial charge on any atom is 0.253 e. The number of hydrogen-bond acceptors (Lipinski definition) is 2. The average molecular weight is 360 g/mol. The van der Waals surface area contributed by atoms with Gasteiger partial charge in [-0.3, -0.25) is 9.48 Å². The molecule has 0 radical (unpaired) electrons. The molecule has 1 saturated carbocycles. The van der Waals surface area contributed by atoms with Gasteiger partial charge in [0.25, 0.3) is 5.91 Å². The van der Waals surface area contributed by atoms with Gasteiger partial charge in [0.1, 0.15) is 0 Å². The summed E-state index contributed by atoms with van der Waals surface area (Å²) in [6.07, 6.45) is 4.26. The van der Waals surface area contributed by atoms with Gasteiger partial charge in [0.2, 0.25) is 0 Å². The van der Waals surface area contributed by atoms with E-state index in [2.05, 4.69) is 28.1 Å². The Bertz CT molecular complexity index is 760. The number of nitrogens with one attached hydrogen (secondary N) is 1. The number of benzene rings is 1. The molecule has 4 nitrogen and oxygen atoms in total. The Labute approximate surface area is 154 Å². The van der Waals surface area contributed by atoms with Crippen molar-refractivity contribution in [2.75, 3.05) is 0 Å². The van der Waals surface area contributed by atoms with Gasteiger partial charge < -0.3 is 5.32 Å². The molecule has 0 bridgehead atoms. The molecule has 1 amide bonds. The highest BCUT2D eigenvalue weighted by Crippen LogP contribution is 2.27. The van der Waals surface area contributed by atoms with Gasteiger partial charge in [-0.05, 0) is 70.6 Å². The van der Waals surface area contributed by atoms with E-state index in [0.29, 0.717) is 16.5 Å². The normalized spacial score (nSPS) is 20.5. The summed E-state index contributed by atoms with van der Waals surface area (Å²) in [7, 11) is 0. The van der Waals surface area contributed by atoms with Crippen LogP contribution in [-0.4, -0.2) is 21.7 Å². The smallest absolute Gasteiger partial charge is 0.253 e. The summed E-state index contributed by atoms with van der Waals surface area (Å²) in [5.41, 5.74) is 3.92. The number of carbonyl (C=O) groups excluding carboxylic acids is 1. The first kappa shape index (κ1) is 18.0. The van der Waals surface area contributed by atoms with E-state index in [-0.39, 0.29) is 11.9 Å². The second kappa shape index (κ2) is 7.61. The first-order valence-electron chi connectivity index (χ1n) is 9.00. The second-order valence-corrected chi connectivity index (χ2v) is 7.69. The van der Waals surface area contributed by atoms with Crippen LogP contribution in [-0.2, 0) is 6.54 Å². The van der Waals surface area contributed by atoms with E-state index in [4.69, 9.17) is 11.6 Å². The molecule has 0 spiro atoms. The van der Waals surface area contributed by atoms with Gasteiger partial charge in [0, 0.05) is 18.3 Å². The summed E-state index contributed by atoms with van der Waals surface area (Å²) in [5, 5.41) is 8.23. The van der Waals surface area contributed by atoms with Crippen molar-refractivity contribution in [3.8, 4) is 0 Å². The van der Waals surface area contributed by atoms with Gasteiger partial charge in [-0.2, -0.15) is 5.10 Å². The molecular weight excluding hydrogens is 334 g/mol. The van der Waals surface area contributed by atoms with Crippen LogP contribution in [0, 0.1) is 26.7 Å². The number of halogens is 1. The van der Waals surface area contributed by atoms with Crippen molar-refractivity contribution in [3.05, 3.63) is 51.8 Å². The van der Waals surface area contributed by atoms with Crippen LogP contribution in [0.3, 0.4) is 0 Å². The fourth-order valence-electron chi connectivity index (χ4n) is 3.67.